The number of aliphatic hydroxyl groups is 1. The first-order valence-corrected chi connectivity index (χ1v) is 26.7. The Kier molecular flexibility index (Phi) is 52.6. The molecule has 0 fully saturated rings. The van der Waals surface area contributed by atoms with Crippen molar-refractivity contribution in [2.24, 2.45) is 0 Å². The van der Waals surface area contributed by atoms with Crippen molar-refractivity contribution in [3.8, 4) is 0 Å². The van der Waals surface area contributed by atoms with Crippen LogP contribution in [0.4, 0.5) is 0 Å². The molecule has 0 aliphatic carbocycles. The molecule has 0 saturated carbocycles. The second kappa shape index (κ2) is 56.6. The molecular formula is C63H96O5. The highest BCUT2D eigenvalue weighted by atomic mass is 16.6. The summed E-state index contributed by atoms with van der Waals surface area (Å²) in [5, 5.41) is 9.60. The fourth-order valence-corrected chi connectivity index (χ4v) is 6.51. The Morgan fingerprint density at radius 3 is 0.956 bits per heavy atom. The molecule has 0 heterocycles. The van der Waals surface area contributed by atoms with Crippen LogP contribution in [0.1, 0.15) is 194 Å². The van der Waals surface area contributed by atoms with Crippen LogP contribution in [0.5, 0.6) is 0 Å². The largest absolute Gasteiger partial charge is 0.462 e. The highest BCUT2D eigenvalue weighted by Gasteiger charge is 2.16. The van der Waals surface area contributed by atoms with Gasteiger partial charge in [-0.2, -0.15) is 0 Å². The third kappa shape index (κ3) is 53.9. The Labute approximate surface area is 417 Å². The first-order chi connectivity index (χ1) is 33.6. The molecule has 0 aromatic rings. The molecule has 0 aliphatic heterocycles. The van der Waals surface area contributed by atoms with E-state index in [2.05, 4.69) is 184 Å². The first kappa shape index (κ1) is 63.3. The number of carbonyl (C=O) groups is 2. The van der Waals surface area contributed by atoms with Crippen LogP contribution in [0.25, 0.3) is 0 Å². The summed E-state index contributed by atoms with van der Waals surface area (Å²) in [7, 11) is 0. The van der Waals surface area contributed by atoms with E-state index in [-0.39, 0.29) is 25.2 Å². The molecule has 0 aromatic heterocycles. The summed E-state index contributed by atoms with van der Waals surface area (Å²) in [5.74, 6) is -0.652. The number of rotatable bonds is 46. The van der Waals surface area contributed by atoms with Gasteiger partial charge in [-0.25, -0.2) is 0 Å². The Bertz CT molecular complexity index is 1570. The van der Waals surface area contributed by atoms with Crippen LogP contribution in [-0.2, 0) is 19.1 Å². The minimum absolute atomic E-state index is 0.0946. The number of carbonyl (C=O) groups excluding carboxylic acids is 2. The minimum atomic E-state index is -0.803. The van der Waals surface area contributed by atoms with E-state index in [1.54, 1.807) is 0 Å². The average molecular weight is 933 g/mol. The summed E-state index contributed by atoms with van der Waals surface area (Å²) in [6.45, 7) is 3.90. The smallest absolute Gasteiger partial charge is 0.306 e. The van der Waals surface area contributed by atoms with Crippen LogP contribution >= 0.6 is 0 Å². The number of hydrogen-bond donors (Lipinski definition) is 1. The molecule has 378 valence electrons. The topological polar surface area (TPSA) is 72.8 Å². The van der Waals surface area contributed by atoms with E-state index < -0.39 is 6.10 Å². The van der Waals surface area contributed by atoms with Gasteiger partial charge in [0.2, 0.25) is 0 Å². The van der Waals surface area contributed by atoms with Crippen molar-refractivity contribution in [3.05, 3.63) is 170 Å². The van der Waals surface area contributed by atoms with Gasteiger partial charge in [-0.05, 0) is 128 Å². The molecule has 68 heavy (non-hydrogen) atoms. The summed E-state index contributed by atoms with van der Waals surface area (Å²) in [5.41, 5.74) is 0. The molecule has 5 nitrogen and oxygen atoms in total. The maximum atomic E-state index is 12.2. The predicted molar refractivity (Wildman–Crippen MR) is 297 cm³/mol. The van der Waals surface area contributed by atoms with E-state index in [0.29, 0.717) is 12.8 Å². The zero-order chi connectivity index (χ0) is 49.2. The Balaban J connectivity index is 3.70. The van der Waals surface area contributed by atoms with Gasteiger partial charge in [-0.1, -0.05) is 223 Å². The number of aliphatic hydroxyl groups excluding tert-OH is 1. The average Bonchev–Trinajstić information content (AvgIpc) is 3.34. The zero-order valence-electron chi connectivity index (χ0n) is 43.0. The van der Waals surface area contributed by atoms with Crippen molar-refractivity contribution in [1.82, 2.24) is 0 Å². The number of ether oxygens (including phenoxy) is 2. The fourth-order valence-electron chi connectivity index (χ4n) is 6.51. The van der Waals surface area contributed by atoms with E-state index >= 15 is 0 Å². The monoisotopic (exact) mass is 933 g/mol. The van der Waals surface area contributed by atoms with Gasteiger partial charge in [0.25, 0.3) is 0 Å². The molecule has 0 aromatic carbocycles. The SMILES string of the molecule is CC/C=C\C/C=C\C/C=C\C/C=C\C/C=C\C/C=C\C/C=C\C/C=C\C/C=C\C/C=C\C/C=C\C/C=C\CCCCCCC(=O)OC(CO)COC(=O)CCCCCCC/C=C\C/C=C\CCC. The maximum absolute atomic E-state index is 12.2. The number of unbranched alkanes of at least 4 members (excludes halogenated alkanes) is 10. The molecule has 0 bridgehead atoms. The summed E-state index contributed by atoms with van der Waals surface area (Å²) in [6.07, 6.45) is 88.8. The van der Waals surface area contributed by atoms with E-state index in [9.17, 15) is 14.7 Å². The van der Waals surface area contributed by atoms with Crippen molar-refractivity contribution in [1.29, 1.82) is 0 Å². The molecular weight excluding hydrogens is 837 g/mol. The summed E-state index contributed by atoms with van der Waals surface area (Å²) >= 11 is 0. The number of esters is 2. The van der Waals surface area contributed by atoms with Crippen molar-refractivity contribution in [2.45, 2.75) is 200 Å². The van der Waals surface area contributed by atoms with Gasteiger partial charge in [0.05, 0.1) is 6.61 Å². The number of allylic oxidation sites excluding steroid dienone is 28. The van der Waals surface area contributed by atoms with Gasteiger partial charge in [-0.3, -0.25) is 9.59 Å². The van der Waals surface area contributed by atoms with Gasteiger partial charge in [0.1, 0.15) is 6.61 Å². The maximum Gasteiger partial charge on any atom is 0.306 e. The Morgan fingerprint density at radius 2 is 0.632 bits per heavy atom. The third-order valence-electron chi connectivity index (χ3n) is 10.5. The second-order valence-electron chi connectivity index (χ2n) is 16.9. The first-order valence-electron chi connectivity index (χ1n) is 26.7. The minimum Gasteiger partial charge on any atom is -0.462 e. The zero-order valence-corrected chi connectivity index (χ0v) is 43.0. The van der Waals surface area contributed by atoms with Gasteiger partial charge in [0.15, 0.2) is 6.10 Å². The molecule has 1 atom stereocenters. The van der Waals surface area contributed by atoms with Crippen LogP contribution in [0.15, 0.2) is 170 Å². The quantitative estimate of drug-likeness (QED) is 0.0374. The van der Waals surface area contributed by atoms with Crippen LogP contribution in [0.2, 0.25) is 0 Å². The lowest BCUT2D eigenvalue weighted by atomic mass is 10.1. The second-order valence-corrected chi connectivity index (χ2v) is 16.9. The molecule has 5 heteroatoms. The third-order valence-corrected chi connectivity index (χ3v) is 10.5. The van der Waals surface area contributed by atoms with Crippen LogP contribution < -0.4 is 0 Å². The normalized spacial score (nSPS) is 13.6. The standard InChI is InChI=1S/C63H96O5/c1-3-5-7-9-11-13-15-17-18-19-20-21-22-23-24-25-26-27-28-29-30-31-32-33-34-35-36-37-38-39-40-41-42-43-44-46-48-50-52-54-56-58-63(66)68-61(59-64)60-67-62(65)57-55-53-51-49-47-45-16-14-12-10-8-6-4-2/h5,7-8,10-11,13-14,16-18,20-21,23-24,26-27,29-30,32-33,35-36,38-39,41-42,44,46,61,64H,3-4,6,9,12,15,19,22,25,28,31,34,37,40,43,45,47-60H2,1-2H3/b7-5-,10-8-,13-11-,16-14-,18-17-,21-20-,24-23-,27-26-,30-29-,33-32-,36-35-,39-38-,42-41-,46-44-. The van der Waals surface area contributed by atoms with Crippen LogP contribution in [0.3, 0.4) is 0 Å². The Morgan fingerprint density at radius 1 is 0.353 bits per heavy atom. The highest BCUT2D eigenvalue weighted by molar-refractivity contribution is 5.70. The Hall–Kier alpha value is -4.74. The molecule has 1 unspecified atom stereocenters. The van der Waals surface area contributed by atoms with Gasteiger partial charge < -0.3 is 14.6 Å². The van der Waals surface area contributed by atoms with E-state index in [4.69, 9.17) is 9.47 Å². The highest BCUT2D eigenvalue weighted by Crippen LogP contribution is 2.11. The van der Waals surface area contributed by atoms with E-state index in [1.165, 1.54) is 12.8 Å². The van der Waals surface area contributed by atoms with Gasteiger partial charge >= 0.3 is 11.9 Å². The van der Waals surface area contributed by atoms with Crippen molar-refractivity contribution >= 4 is 11.9 Å². The lowest BCUT2D eigenvalue weighted by Gasteiger charge is -2.15. The fraction of sp³-hybridized carbons (Fsp3) is 0.524. The van der Waals surface area contributed by atoms with E-state index in [1.807, 2.05) is 0 Å². The van der Waals surface area contributed by atoms with Crippen molar-refractivity contribution < 1.29 is 24.2 Å². The molecule has 0 radical (unpaired) electrons. The van der Waals surface area contributed by atoms with E-state index in [0.717, 1.165) is 154 Å². The lowest BCUT2D eigenvalue weighted by Crippen LogP contribution is -2.28. The molecule has 0 spiro atoms. The molecule has 0 rings (SSSR count). The molecule has 0 aliphatic rings. The van der Waals surface area contributed by atoms with Crippen molar-refractivity contribution in [3.63, 3.8) is 0 Å². The molecule has 0 amide bonds. The summed E-state index contributed by atoms with van der Waals surface area (Å²) in [4.78, 5) is 24.4. The molecule has 0 saturated heterocycles. The molecule has 1 N–H and O–H groups in total. The van der Waals surface area contributed by atoms with Gasteiger partial charge in [-0.15, -0.1) is 0 Å². The van der Waals surface area contributed by atoms with Crippen LogP contribution in [-0.4, -0.2) is 36.4 Å². The van der Waals surface area contributed by atoms with Crippen LogP contribution in [0, 0.1) is 0 Å². The number of hydrogen-bond acceptors (Lipinski definition) is 5. The predicted octanol–water partition coefficient (Wildman–Crippen LogP) is 18.2. The summed E-state index contributed by atoms with van der Waals surface area (Å²) in [6, 6.07) is 0. The van der Waals surface area contributed by atoms with Gasteiger partial charge in [0, 0.05) is 12.8 Å². The summed E-state index contributed by atoms with van der Waals surface area (Å²) < 4.78 is 10.6. The lowest BCUT2D eigenvalue weighted by molar-refractivity contribution is -0.161. The van der Waals surface area contributed by atoms with Crippen molar-refractivity contribution in [2.75, 3.05) is 13.2 Å².